The van der Waals surface area contributed by atoms with Crippen LogP contribution in [0.1, 0.15) is 22.5 Å². The molecule has 1 aromatic heterocycles. The molecular formula is C10H17N5O3S2. The van der Waals surface area contributed by atoms with Gasteiger partial charge in [0.2, 0.25) is 10.0 Å². The summed E-state index contributed by atoms with van der Waals surface area (Å²) in [5.41, 5.74) is 5.74. The third-order valence-corrected chi connectivity index (χ3v) is 4.80. The fourth-order valence-corrected chi connectivity index (χ4v) is 3.25. The lowest BCUT2D eigenvalue weighted by Gasteiger charge is -2.11. The molecule has 5 N–H and O–H groups in total. The van der Waals surface area contributed by atoms with E-state index in [1.165, 1.54) is 11.3 Å². The molecule has 10 heteroatoms. The van der Waals surface area contributed by atoms with Crippen molar-refractivity contribution in [1.29, 1.82) is 0 Å². The third-order valence-electron chi connectivity index (χ3n) is 2.90. The Hall–Kier alpha value is -1.39. The van der Waals surface area contributed by atoms with Gasteiger partial charge in [0.15, 0.2) is 5.13 Å². The van der Waals surface area contributed by atoms with Gasteiger partial charge in [0.25, 0.3) is 5.91 Å². The molecule has 1 fully saturated rings. The second kappa shape index (κ2) is 5.94. The average molecular weight is 319 g/mol. The van der Waals surface area contributed by atoms with Gasteiger partial charge in [-0.15, -0.1) is 0 Å². The first-order valence-corrected chi connectivity index (χ1v) is 8.70. The van der Waals surface area contributed by atoms with Crippen molar-refractivity contribution in [3.63, 3.8) is 0 Å². The van der Waals surface area contributed by atoms with Gasteiger partial charge in [-0.05, 0) is 12.8 Å². The first-order valence-electron chi connectivity index (χ1n) is 6.17. The number of anilines is 2. The Bertz CT molecular complexity index is 592. The van der Waals surface area contributed by atoms with E-state index in [1.807, 2.05) is 0 Å². The van der Waals surface area contributed by atoms with Crippen molar-refractivity contribution in [2.24, 2.45) is 5.14 Å². The van der Waals surface area contributed by atoms with Gasteiger partial charge < -0.3 is 16.0 Å². The minimum absolute atomic E-state index is 0.0476. The van der Waals surface area contributed by atoms with Crippen molar-refractivity contribution in [1.82, 2.24) is 10.3 Å². The zero-order valence-corrected chi connectivity index (χ0v) is 12.5. The van der Waals surface area contributed by atoms with Gasteiger partial charge in [-0.3, -0.25) is 4.79 Å². The molecule has 0 bridgehead atoms. The maximum absolute atomic E-state index is 11.9. The molecule has 0 unspecified atom stereocenters. The van der Waals surface area contributed by atoms with E-state index in [1.54, 1.807) is 0 Å². The van der Waals surface area contributed by atoms with Crippen LogP contribution in [0.15, 0.2) is 0 Å². The quantitative estimate of drug-likeness (QED) is 0.660. The molecule has 1 aliphatic rings. The number of hydrogen-bond donors (Lipinski definition) is 3. The third kappa shape index (κ3) is 3.81. The number of carbonyl (C=O) groups excluding carboxylic acids is 1. The minimum atomic E-state index is -3.59. The maximum Gasteiger partial charge on any atom is 0.265 e. The highest BCUT2D eigenvalue weighted by Gasteiger charge is 2.21. The Balaban J connectivity index is 1.99. The maximum atomic E-state index is 11.9. The zero-order valence-electron chi connectivity index (χ0n) is 10.8. The monoisotopic (exact) mass is 319 g/mol. The Kier molecular flexibility index (Phi) is 4.45. The Labute approximate surface area is 121 Å². The molecule has 2 rings (SSSR count). The van der Waals surface area contributed by atoms with Crippen LogP contribution in [0.3, 0.4) is 0 Å². The van der Waals surface area contributed by atoms with Gasteiger partial charge in [-0.25, -0.2) is 18.5 Å². The number of sulfonamides is 1. The van der Waals surface area contributed by atoms with Crippen LogP contribution >= 0.6 is 11.3 Å². The number of amides is 1. The molecule has 0 saturated carbocycles. The van der Waals surface area contributed by atoms with E-state index in [2.05, 4.69) is 15.2 Å². The summed E-state index contributed by atoms with van der Waals surface area (Å²) < 4.78 is 21.6. The summed E-state index contributed by atoms with van der Waals surface area (Å²) in [6.45, 7) is 1.78. The highest BCUT2D eigenvalue weighted by Crippen LogP contribution is 2.30. The van der Waals surface area contributed by atoms with Crippen molar-refractivity contribution in [2.45, 2.75) is 12.8 Å². The molecule has 112 valence electrons. The normalized spacial score (nSPS) is 15.6. The molecule has 0 aromatic carbocycles. The minimum Gasteiger partial charge on any atom is -0.382 e. The highest BCUT2D eigenvalue weighted by molar-refractivity contribution is 7.89. The fourth-order valence-electron chi connectivity index (χ4n) is 1.91. The number of rotatable bonds is 5. The first kappa shape index (κ1) is 15.0. The number of nitrogens with zero attached hydrogens (tertiary/aromatic N) is 2. The number of nitrogens with one attached hydrogen (secondary N) is 1. The molecule has 2 heterocycles. The molecule has 0 atom stereocenters. The van der Waals surface area contributed by atoms with Crippen molar-refractivity contribution < 1.29 is 13.2 Å². The fraction of sp³-hybridized carbons (Fsp3) is 0.600. The van der Waals surface area contributed by atoms with Crippen LogP contribution in [0.5, 0.6) is 0 Å². The summed E-state index contributed by atoms with van der Waals surface area (Å²) in [5, 5.41) is 8.06. The second-order valence-corrected chi connectivity index (χ2v) is 7.24. The molecule has 20 heavy (non-hydrogen) atoms. The first-order chi connectivity index (χ1) is 9.37. The highest BCUT2D eigenvalue weighted by atomic mass is 32.2. The topological polar surface area (TPSA) is 131 Å². The Morgan fingerprint density at radius 3 is 2.65 bits per heavy atom. The molecule has 0 radical (unpaired) electrons. The summed E-state index contributed by atoms with van der Waals surface area (Å²) in [7, 11) is -3.59. The van der Waals surface area contributed by atoms with Crippen LogP contribution < -0.4 is 21.1 Å². The summed E-state index contributed by atoms with van der Waals surface area (Å²) in [6.07, 6.45) is 2.21. The zero-order chi connectivity index (χ0) is 14.8. The van der Waals surface area contributed by atoms with Gasteiger partial charge in [-0.2, -0.15) is 0 Å². The SMILES string of the molecule is Nc1nc(N2CCCC2)sc1C(=O)NCCS(N)(=O)=O. The molecule has 1 amide bonds. The van der Waals surface area contributed by atoms with E-state index in [9.17, 15) is 13.2 Å². The van der Waals surface area contributed by atoms with E-state index in [0.717, 1.165) is 31.1 Å². The summed E-state index contributed by atoms with van der Waals surface area (Å²) in [6, 6.07) is 0. The van der Waals surface area contributed by atoms with E-state index in [4.69, 9.17) is 10.9 Å². The largest absolute Gasteiger partial charge is 0.382 e. The van der Waals surface area contributed by atoms with Crippen molar-refractivity contribution in [3.8, 4) is 0 Å². The van der Waals surface area contributed by atoms with Crippen molar-refractivity contribution in [2.75, 3.05) is 36.0 Å². The summed E-state index contributed by atoms with van der Waals surface area (Å²) >= 11 is 1.22. The number of nitrogens with two attached hydrogens (primary N) is 2. The number of nitrogen functional groups attached to an aromatic ring is 1. The molecule has 1 aromatic rings. The Morgan fingerprint density at radius 2 is 2.05 bits per heavy atom. The van der Waals surface area contributed by atoms with Crippen LogP contribution in [0.25, 0.3) is 0 Å². The van der Waals surface area contributed by atoms with Gasteiger partial charge in [-0.1, -0.05) is 11.3 Å². The van der Waals surface area contributed by atoms with Crippen LogP contribution in [-0.2, 0) is 10.0 Å². The molecule has 0 aliphatic carbocycles. The molecule has 1 saturated heterocycles. The lowest BCUT2D eigenvalue weighted by molar-refractivity contribution is 0.0961. The molecule has 1 aliphatic heterocycles. The van der Waals surface area contributed by atoms with E-state index in [-0.39, 0.29) is 18.1 Å². The van der Waals surface area contributed by atoms with Crippen molar-refractivity contribution in [3.05, 3.63) is 4.88 Å². The number of carbonyl (C=O) groups is 1. The van der Waals surface area contributed by atoms with E-state index >= 15 is 0 Å². The number of aromatic nitrogens is 1. The van der Waals surface area contributed by atoms with Crippen LogP contribution in [0.2, 0.25) is 0 Å². The van der Waals surface area contributed by atoms with Crippen LogP contribution in [-0.4, -0.2) is 44.7 Å². The van der Waals surface area contributed by atoms with E-state index in [0.29, 0.717) is 4.88 Å². The molecule has 0 spiro atoms. The lowest BCUT2D eigenvalue weighted by Crippen LogP contribution is -2.31. The standard InChI is InChI=1S/C10H17N5O3S2/c11-8-7(9(16)13-3-6-20(12,17)18)19-10(14-8)15-4-1-2-5-15/h1-6,11H2,(H,13,16)(H2,12,17,18). The van der Waals surface area contributed by atoms with Crippen LogP contribution in [0, 0.1) is 0 Å². The Morgan fingerprint density at radius 1 is 1.40 bits per heavy atom. The second-order valence-electron chi connectivity index (χ2n) is 4.53. The average Bonchev–Trinajstić information content (AvgIpc) is 2.95. The summed E-state index contributed by atoms with van der Waals surface area (Å²) in [5.74, 6) is -0.560. The predicted octanol–water partition coefficient (Wildman–Crippen LogP) is -0.656. The smallest absolute Gasteiger partial charge is 0.265 e. The van der Waals surface area contributed by atoms with Gasteiger partial charge in [0.1, 0.15) is 10.7 Å². The summed E-state index contributed by atoms with van der Waals surface area (Å²) in [4.78, 5) is 18.5. The number of thiazole rings is 1. The molecule has 8 nitrogen and oxygen atoms in total. The molecular weight excluding hydrogens is 302 g/mol. The van der Waals surface area contributed by atoms with Gasteiger partial charge in [0, 0.05) is 19.6 Å². The number of primary sulfonamides is 1. The van der Waals surface area contributed by atoms with Crippen molar-refractivity contribution >= 4 is 38.2 Å². The van der Waals surface area contributed by atoms with Crippen LogP contribution in [0.4, 0.5) is 10.9 Å². The lowest BCUT2D eigenvalue weighted by atomic mass is 10.4. The number of hydrogen-bond acceptors (Lipinski definition) is 7. The van der Waals surface area contributed by atoms with Gasteiger partial charge >= 0.3 is 0 Å². The van der Waals surface area contributed by atoms with Gasteiger partial charge in [0.05, 0.1) is 5.75 Å². The predicted molar refractivity (Wildman–Crippen MR) is 78.3 cm³/mol. The van der Waals surface area contributed by atoms with E-state index < -0.39 is 15.9 Å².